The predicted molar refractivity (Wildman–Crippen MR) is 79.0 cm³/mol. The number of halogens is 2. The van der Waals surface area contributed by atoms with Crippen LogP contribution >= 0.6 is 0 Å². The zero-order valence-electron chi connectivity index (χ0n) is 12.7. The number of benzene rings is 1. The number of carbonyl (C=O) groups excluding carboxylic acids is 1. The Bertz CT molecular complexity index is 742. The van der Waals surface area contributed by atoms with Gasteiger partial charge in [0.25, 0.3) is 0 Å². The number of hydrogen-bond acceptors (Lipinski definition) is 4. The topological polar surface area (TPSA) is 88.8 Å². The number of aryl methyl sites for hydroxylation is 1. The Balaban J connectivity index is 1.91. The van der Waals surface area contributed by atoms with Crippen LogP contribution in [0.2, 0.25) is 0 Å². The van der Waals surface area contributed by atoms with E-state index in [4.69, 9.17) is 9.52 Å². The van der Waals surface area contributed by atoms with Gasteiger partial charge in [0.15, 0.2) is 0 Å². The van der Waals surface area contributed by atoms with Crippen molar-refractivity contribution in [1.29, 1.82) is 0 Å². The molecule has 0 saturated carbocycles. The summed E-state index contributed by atoms with van der Waals surface area (Å²) in [6, 6.07) is 7.18. The average molecular weight is 339 g/mol. The van der Waals surface area contributed by atoms with Crippen molar-refractivity contribution < 1.29 is 32.6 Å². The van der Waals surface area contributed by atoms with Crippen LogP contribution in [0.4, 0.5) is 8.78 Å². The lowest BCUT2D eigenvalue weighted by Crippen LogP contribution is -2.24. The van der Waals surface area contributed by atoms with E-state index in [0.29, 0.717) is 11.3 Å². The highest BCUT2D eigenvalue weighted by Crippen LogP contribution is 2.17. The van der Waals surface area contributed by atoms with Crippen LogP contribution in [0.5, 0.6) is 5.75 Å². The van der Waals surface area contributed by atoms with E-state index >= 15 is 0 Å². The molecule has 2 N–H and O–H groups in total. The average Bonchev–Trinajstić information content (AvgIpc) is 2.86. The molecule has 0 radical (unpaired) electrons. The fourth-order valence-corrected chi connectivity index (χ4v) is 2.11. The summed E-state index contributed by atoms with van der Waals surface area (Å²) in [4.78, 5) is 22.8. The standard InChI is InChI=1S/C16H15F2NO5/c1-9-13(15(21)22)7-12(23-9)8-19-14(20)6-10-3-2-4-11(5-10)24-16(17)18/h2-5,7,16H,6,8H2,1H3,(H,19,20)(H,21,22). The summed E-state index contributed by atoms with van der Waals surface area (Å²) >= 11 is 0. The maximum Gasteiger partial charge on any atom is 0.387 e. The first-order chi connectivity index (χ1) is 11.3. The van der Waals surface area contributed by atoms with Gasteiger partial charge in [0, 0.05) is 0 Å². The minimum atomic E-state index is -2.93. The van der Waals surface area contributed by atoms with Crippen molar-refractivity contribution in [1.82, 2.24) is 5.32 Å². The Morgan fingerprint density at radius 2 is 2.08 bits per heavy atom. The summed E-state index contributed by atoms with van der Waals surface area (Å²) in [7, 11) is 0. The Morgan fingerprint density at radius 1 is 1.33 bits per heavy atom. The summed E-state index contributed by atoms with van der Waals surface area (Å²) in [6.45, 7) is -1.39. The third kappa shape index (κ3) is 4.80. The van der Waals surface area contributed by atoms with Crippen molar-refractivity contribution in [3.8, 4) is 5.75 Å². The number of furan rings is 1. The van der Waals surface area contributed by atoms with Crippen LogP contribution in [-0.2, 0) is 17.8 Å². The van der Waals surface area contributed by atoms with Gasteiger partial charge in [-0.1, -0.05) is 12.1 Å². The van der Waals surface area contributed by atoms with Gasteiger partial charge in [-0.3, -0.25) is 4.79 Å². The lowest BCUT2D eigenvalue weighted by atomic mass is 10.1. The number of carboxylic acids is 1. The van der Waals surface area contributed by atoms with E-state index in [1.54, 1.807) is 6.07 Å². The van der Waals surface area contributed by atoms with Crippen molar-refractivity contribution >= 4 is 11.9 Å². The monoisotopic (exact) mass is 339 g/mol. The second-order valence-electron chi connectivity index (χ2n) is 4.97. The molecule has 1 aromatic carbocycles. The number of aromatic carboxylic acids is 1. The lowest BCUT2D eigenvalue weighted by Gasteiger charge is -2.07. The summed E-state index contributed by atoms with van der Waals surface area (Å²) in [5.74, 6) is -0.931. The number of ether oxygens (including phenoxy) is 1. The van der Waals surface area contributed by atoms with Gasteiger partial charge in [-0.2, -0.15) is 8.78 Å². The summed E-state index contributed by atoms with van der Waals surface area (Å²) < 4.78 is 33.8. The molecule has 0 atom stereocenters. The minimum absolute atomic E-state index is 0.0249. The fraction of sp³-hybridized carbons (Fsp3) is 0.250. The number of rotatable bonds is 7. The van der Waals surface area contributed by atoms with Gasteiger partial charge in [-0.25, -0.2) is 4.79 Å². The van der Waals surface area contributed by atoms with Crippen molar-refractivity contribution in [2.24, 2.45) is 0 Å². The van der Waals surface area contributed by atoms with Crippen LogP contribution in [0.1, 0.15) is 27.4 Å². The second-order valence-corrected chi connectivity index (χ2v) is 4.97. The molecule has 24 heavy (non-hydrogen) atoms. The van der Waals surface area contributed by atoms with Crippen LogP contribution < -0.4 is 10.1 Å². The normalized spacial score (nSPS) is 10.7. The van der Waals surface area contributed by atoms with Gasteiger partial charge in [-0.15, -0.1) is 0 Å². The highest BCUT2D eigenvalue weighted by Gasteiger charge is 2.14. The molecule has 0 saturated heterocycles. The molecule has 128 valence electrons. The highest BCUT2D eigenvalue weighted by atomic mass is 19.3. The molecule has 0 fully saturated rings. The van der Waals surface area contributed by atoms with Crippen molar-refractivity contribution in [2.45, 2.75) is 26.5 Å². The van der Waals surface area contributed by atoms with Crippen molar-refractivity contribution in [3.63, 3.8) is 0 Å². The Kier molecular flexibility index (Phi) is 5.51. The van der Waals surface area contributed by atoms with E-state index in [1.165, 1.54) is 31.2 Å². The van der Waals surface area contributed by atoms with Crippen LogP contribution in [0.3, 0.4) is 0 Å². The third-order valence-electron chi connectivity index (χ3n) is 3.15. The molecule has 1 aromatic heterocycles. The molecule has 0 unspecified atom stereocenters. The molecule has 1 amide bonds. The zero-order valence-corrected chi connectivity index (χ0v) is 12.7. The maximum absolute atomic E-state index is 12.2. The number of carbonyl (C=O) groups is 2. The molecule has 0 aliphatic rings. The minimum Gasteiger partial charge on any atom is -0.478 e. The largest absolute Gasteiger partial charge is 0.478 e. The lowest BCUT2D eigenvalue weighted by molar-refractivity contribution is -0.120. The summed E-state index contributed by atoms with van der Waals surface area (Å²) in [6.07, 6.45) is -0.0358. The van der Waals surface area contributed by atoms with Gasteiger partial charge in [-0.05, 0) is 30.7 Å². The first kappa shape index (κ1) is 17.5. The molecule has 2 aromatic rings. The van der Waals surface area contributed by atoms with Crippen molar-refractivity contribution in [3.05, 3.63) is 53.0 Å². The van der Waals surface area contributed by atoms with E-state index in [0.717, 1.165) is 0 Å². The van der Waals surface area contributed by atoms with Crippen LogP contribution in [-0.4, -0.2) is 23.6 Å². The molecule has 1 heterocycles. The second kappa shape index (κ2) is 7.58. The molecule has 0 aliphatic heterocycles. The molecular weight excluding hydrogens is 324 g/mol. The van der Waals surface area contributed by atoms with Crippen LogP contribution in [0.15, 0.2) is 34.7 Å². The quantitative estimate of drug-likeness (QED) is 0.810. The molecule has 0 bridgehead atoms. The molecule has 6 nitrogen and oxygen atoms in total. The zero-order chi connectivity index (χ0) is 17.7. The molecule has 8 heteroatoms. The van der Waals surface area contributed by atoms with E-state index in [9.17, 15) is 18.4 Å². The molecule has 0 spiro atoms. The molecular formula is C16H15F2NO5. The first-order valence-electron chi connectivity index (χ1n) is 6.98. The first-order valence-corrected chi connectivity index (χ1v) is 6.98. The number of amides is 1. The van der Waals surface area contributed by atoms with Gasteiger partial charge < -0.3 is 19.6 Å². The van der Waals surface area contributed by atoms with E-state index in [2.05, 4.69) is 10.1 Å². The summed E-state index contributed by atoms with van der Waals surface area (Å²) in [5.41, 5.74) is 0.545. The third-order valence-corrected chi connectivity index (χ3v) is 3.15. The van der Waals surface area contributed by atoms with Gasteiger partial charge in [0.05, 0.1) is 13.0 Å². The summed E-state index contributed by atoms with van der Waals surface area (Å²) in [5, 5.41) is 11.5. The Morgan fingerprint density at radius 3 is 2.71 bits per heavy atom. The fourth-order valence-electron chi connectivity index (χ4n) is 2.11. The van der Waals surface area contributed by atoms with Crippen LogP contribution in [0.25, 0.3) is 0 Å². The van der Waals surface area contributed by atoms with Crippen LogP contribution in [0, 0.1) is 6.92 Å². The van der Waals surface area contributed by atoms with Gasteiger partial charge >= 0.3 is 12.6 Å². The molecule has 2 rings (SSSR count). The Hall–Kier alpha value is -2.90. The van der Waals surface area contributed by atoms with Crippen molar-refractivity contribution in [2.75, 3.05) is 0 Å². The number of alkyl halides is 2. The number of nitrogens with one attached hydrogen (secondary N) is 1. The van der Waals surface area contributed by atoms with E-state index in [-0.39, 0.29) is 35.9 Å². The maximum atomic E-state index is 12.2. The van der Waals surface area contributed by atoms with E-state index in [1.807, 2.05) is 0 Å². The highest BCUT2D eigenvalue weighted by molar-refractivity contribution is 5.88. The smallest absolute Gasteiger partial charge is 0.387 e. The molecule has 0 aliphatic carbocycles. The number of hydrogen-bond donors (Lipinski definition) is 2. The van der Waals surface area contributed by atoms with Gasteiger partial charge in [0.2, 0.25) is 5.91 Å². The van der Waals surface area contributed by atoms with Gasteiger partial charge in [0.1, 0.15) is 22.8 Å². The predicted octanol–water partition coefficient (Wildman–Crippen LogP) is 2.75. The number of carboxylic acid groups (broad SMARTS) is 1. The van der Waals surface area contributed by atoms with E-state index < -0.39 is 12.6 Å². The Labute approximate surface area is 136 Å². The SMILES string of the molecule is Cc1oc(CNC(=O)Cc2cccc(OC(F)F)c2)cc1C(=O)O.